The van der Waals surface area contributed by atoms with Crippen LogP contribution in [0, 0.1) is 16.3 Å². The van der Waals surface area contributed by atoms with Gasteiger partial charge in [0, 0.05) is 14.5 Å². The molecule has 0 unspecified atom stereocenters. The van der Waals surface area contributed by atoms with Crippen molar-refractivity contribution >= 4 is 45.1 Å². The fourth-order valence-electron chi connectivity index (χ4n) is 2.06. The summed E-state index contributed by atoms with van der Waals surface area (Å²) >= 11 is 8.43. The third kappa shape index (κ3) is 2.62. The highest BCUT2D eigenvalue weighted by Gasteiger charge is 2.09. The van der Waals surface area contributed by atoms with Crippen molar-refractivity contribution in [2.75, 3.05) is 0 Å². The van der Waals surface area contributed by atoms with E-state index in [9.17, 15) is 4.39 Å². The van der Waals surface area contributed by atoms with Gasteiger partial charge in [-0.3, -0.25) is 0 Å². The monoisotopic (exact) mass is 398 g/mol. The predicted molar refractivity (Wildman–Crippen MR) is 87.4 cm³/mol. The summed E-state index contributed by atoms with van der Waals surface area (Å²) in [6, 6.07) is 10.5. The molecule has 1 heterocycles. The Morgan fingerprint density at radius 1 is 1.10 bits per heavy atom. The highest BCUT2D eigenvalue weighted by molar-refractivity contribution is 14.1. The maximum Gasteiger partial charge on any atom is 0.161 e. The van der Waals surface area contributed by atoms with Crippen molar-refractivity contribution in [1.29, 1.82) is 0 Å². The van der Waals surface area contributed by atoms with Crippen LogP contribution >= 0.6 is 34.2 Å². The Balaban J connectivity index is 2.24. The molecule has 3 rings (SSSR count). The van der Waals surface area contributed by atoms with E-state index >= 15 is 0 Å². The van der Waals surface area contributed by atoms with Gasteiger partial charge in [0.2, 0.25) is 0 Å². The number of rotatable bonds is 1. The molecule has 1 aromatic heterocycles. The second kappa shape index (κ2) is 5.26. The Labute approximate surface area is 134 Å². The molecule has 2 nitrogen and oxygen atoms in total. The number of benzene rings is 2. The Hall–Kier alpha value is -1.27. The smallest absolute Gasteiger partial charge is 0.161 e. The Morgan fingerprint density at radius 2 is 1.90 bits per heavy atom. The van der Waals surface area contributed by atoms with Crippen LogP contribution in [0.3, 0.4) is 0 Å². The summed E-state index contributed by atoms with van der Waals surface area (Å²) in [5, 5.41) is 1.18. The van der Waals surface area contributed by atoms with Gasteiger partial charge < -0.3 is 0 Å². The quantitative estimate of drug-likeness (QED) is 0.426. The normalized spacial score (nSPS) is 11.0. The van der Waals surface area contributed by atoms with Crippen LogP contribution in [0.25, 0.3) is 22.3 Å². The van der Waals surface area contributed by atoms with Gasteiger partial charge in [-0.25, -0.2) is 14.4 Å². The molecule has 0 aliphatic rings. The van der Waals surface area contributed by atoms with Crippen molar-refractivity contribution in [2.24, 2.45) is 0 Å². The molecule has 100 valence electrons. The number of hydrogen-bond donors (Lipinski definition) is 0. The third-order valence-electron chi connectivity index (χ3n) is 2.91. The maximum atomic E-state index is 13.5. The molecule has 3 aromatic rings. The minimum Gasteiger partial charge on any atom is -0.228 e. The molecular formula is C15H9ClFIN2. The zero-order valence-electron chi connectivity index (χ0n) is 10.5. The predicted octanol–water partition coefficient (Wildman–Crippen LogP) is 5.00. The van der Waals surface area contributed by atoms with E-state index in [1.54, 1.807) is 0 Å². The van der Waals surface area contributed by atoms with Gasteiger partial charge in [0.25, 0.3) is 0 Å². The molecule has 0 aliphatic carbocycles. The van der Waals surface area contributed by atoms with Crippen LogP contribution in [0.5, 0.6) is 0 Å². The van der Waals surface area contributed by atoms with E-state index in [1.807, 2.05) is 31.2 Å². The standard InChI is InChI=1S/C15H9ClFIN2/c1-8-4-9(6-10(17)5-8)15-19-13-3-2-11(18)7-12(13)14(16)20-15/h2-7H,1H3. The average Bonchev–Trinajstić information content (AvgIpc) is 2.38. The van der Waals surface area contributed by atoms with E-state index in [1.165, 1.54) is 12.1 Å². The molecule has 0 aliphatic heterocycles. The lowest BCUT2D eigenvalue weighted by Gasteiger charge is -2.06. The van der Waals surface area contributed by atoms with Gasteiger partial charge in [0.15, 0.2) is 5.82 Å². The summed E-state index contributed by atoms with van der Waals surface area (Å²) in [5.41, 5.74) is 2.20. The Bertz CT molecular complexity index is 800. The number of nitrogens with zero attached hydrogens (tertiary/aromatic N) is 2. The van der Waals surface area contributed by atoms with Crippen LogP contribution in [0.15, 0.2) is 36.4 Å². The topological polar surface area (TPSA) is 25.8 Å². The number of hydrogen-bond acceptors (Lipinski definition) is 2. The van der Waals surface area contributed by atoms with Crippen LogP contribution in [0.1, 0.15) is 5.56 Å². The first kappa shape index (κ1) is 13.7. The molecule has 0 radical (unpaired) electrons. The molecular weight excluding hydrogens is 390 g/mol. The maximum absolute atomic E-state index is 13.5. The molecule has 0 saturated carbocycles. The summed E-state index contributed by atoms with van der Waals surface area (Å²) in [5.74, 6) is 0.133. The summed E-state index contributed by atoms with van der Waals surface area (Å²) < 4.78 is 14.6. The van der Waals surface area contributed by atoms with Crippen molar-refractivity contribution in [3.8, 4) is 11.4 Å². The highest BCUT2D eigenvalue weighted by atomic mass is 127. The van der Waals surface area contributed by atoms with Crippen LogP contribution in [0.4, 0.5) is 4.39 Å². The van der Waals surface area contributed by atoms with Crippen LogP contribution in [0.2, 0.25) is 5.15 Å². The van der Waals surface area contributed by atoms with Crippen molar-refractivity contribution in [3.63, 3.8) is 0 Å². The fourth-order valence-corrected chi connectivity index (χ4v) is 2.78. The summed E-state index contributed by atoms with van der Waals surface area (Å²) in [7, 11) is 0. The lowest BCUT2D eigenvalue weighted by Crippen LogP contribution is -1.93. The molecule has 0 amide bonds. The first-order chi connectivity index (χ1) is 9.52. The zero-order valence-corrected chi connectivity index (χ0v) is 13.4. The Kier molecular flexibility index (Phi) is 3.60. The first-order valence-electron chi connectivity index (χ1n) is 5.93. The Morgan fingerprint density at radius 3 is 2.65 bits per heavy atom. The molecule has 0 N–H and O–H groups in total. The third-order valence-corrected chi connectivity index (χ3v) is 3.87. The first-order valence-corrected chi connectivity index (χ1v) is 7.39. The van der Waals surface area contributed by atoms with Gasteiger partial charge in [0.05, 0.1) is 5.52 Å². The van der Waals surface area contributed by atoms with Gasteiger partial charge in [-0.05, 0) is 71.5 Å². The van der Waals surface area contributed by atoms with Gasteiger partial charge in [-0.1, -0.05) is 11.6 Å². The second-order valence-corrected chi connectivity index (χ2v) is 6.12. The molecule has 0 saturated heterocycles. The summed E-state index contributed by atoms with van der Waals surface area (Å²) in [6.45, 7) is 1.83. The number of aromatic nitrogens is 2. The summed E-state index contributed by atoms with van der Waals surface area (Å²) in [4.78, 5) is 8.74. The van der Waals surface area contributed by atoms with E-state index in [4.69, 9.17) is 11.6 Å². The number of fused-ring (bicyclic) bond motifs is 1. The van der Waals surface area contributed by atoms with E-state index in [0.29, 0.717) is 16.5 Å². The lowest BCUT2D eigenvalue weighted by atomic mass is 10.1. The highest BCUT2D eigenvalue weighted by Crippen LogP contribution is 2.27. The van der Waals surface area contributed by atoms with Crippen molar-refractivity contribution < 1.29 is 4.39 Å². The largest absolute Gasteiger partial charge is 0.228 e. The van der Waals surface area contributed by atoms with E-state index in [-0.39, 0.29) is 5.82 Å². The number of aryl methyl sites for hydroxylation is 1. The average molecular weight is 399 g/mol. The van der Waals surface area contributed by atoms with E-state index in [2.05, 4.69) is 32.6 Å². The molecule has 0 fully saturated rings. The SMILES string of the molecule is Cc1cc(F)cc(-c2nc(Cl)c3cc(I)ccc3n2)c1. The van der Waals surface area contributed by atoms with E-state index in [0.717, 1.165) is 20.0 Å². The van der Waals surface area contributed by atoms with E-state index < -0.39 is 0 Å². The fraction of sp³-hybridized carbons (Fsp3) is 0.0667. The van der Waals surface area contributed by atoms with Crippen molar-refractivity contribution in [3.05, 3.63) is 56.5 Å². The molecule has 5 heteroatoms. The van der Waals surface area contributed by atoms with Crippen molar-refractivity contribution in [1.82, 2.24) is 9.97 Å². The van der Waals surface area contributed by atoms with Crippen LogP contribution < -0.4 is 0 Å². The summed E-state index contributed by atoms with van der Waals surface area (Å²) in [6.07, 6.45) is 0. The van der Waals surface area contributed by atoms with Gasteiger partial charge >= 0.3 is 0 Å². The zero-order chi connectivity index (χ0) is 14.3. The number of halogens is 3. The minimum absolute atomic E-state index is 0.303. The molecule has 20 heavy (non-hydrogen) atoms. The molecule has 0 bridgehead atoms. The van der Waals surface area contributed by atoms with Gasteiger partial charge in [-0.2, -0.15) is 0 Å². The molecule has 0 atom stereocenters. The van der Waals surface area contributed by atoms with Gasteiger partial charge in [-0.15, -0.1) is 0 Å². The lowest BCUT2D eigenvalue weighted by molar-refractivity contribution is 0.627. The van der Waals surface area contributed by atoms with Gasteiger partial charge in [0.1, 0.15) is 11.0 Å². The van der Waals surface area contributed by atoms with Crippen LogP contribution in [-0.4, -0.2) is 9.97 Å². The van der Waals surface area contributed by atoms with Crippen molar-refractivity contribution in [2.45, 2.75) is 6.92 Å². The van der Waals surface area contributed by atoms with Crippen LogP contribution in [-0.2, 0) is 0 Å². The second-order valence-electron chi connectivity index (χ2n) is 4.52. The molecule has 0 spiro atoms. The molecule has 2 aromatic carbocycles. The minimum atomic E-state index is -0.303.